The van der Waals surface area contributed by atoms with Crippen LogP contribution in [0.4, 0.5) is 10.5 Å². The first kappa shape index (κ1) is 14.4. The minimum atomic E-state index is -0.186. The van der Waals surface area contributed by atoms with Gasteiger partial charge in [0.25, 0.3) is 0 Å². The van der Waals surface area contributed by atoms with Gasteiger partial charge in [0, 0.05) is 36.6 Å². The number of hydrogen-bond donors (Lipinski definition) is 1. The summed E-state index contributed by atoms with van der Waals surface area (Å²) >= 11 is 6.03. The Morgan fingerprint density at radius 1 is 1.50 bits per heavy atom. The summed E-state index contributed by atoms with van der Waals surface area (Å²) in [5.41, 5.74) is 2.64. The maximum Gasteiger partial charge on any atom is 0.321 e. The summed E-state index contributed by atoms with van der Waals surface area (Å²) < 4.78 is 1.71. The van der Waals surface area contributed by atoms with Gasteiger partial charge in [0.15, 0.2) is 0 Å². The van der Waals surface area contributed by atoms with E-state index in [1.54, 1.807) is 28.9 Å². The second-order valence-corrected chi connectivity index (χ2v) is 5.18. The Labute approximate surface area is 123 Å². The van der Waals surface area contributed by atoms with Crippen LogP contribution >= 0.6 is 11.6 Å². The molecule has 2 amide bonds. The molecule has 20 heavy (non-hydrogen) atoms. The largest absolute Gasteiger partial charge is 0.323 e. The Bertz CT molecular complexity index is 623. The second kappa shape index (κ2) is 5.96. The van der Waals surface area contributed by atoms with Crippen molar-refractivity contribution < 1.29 is 4.79 Å². The van der Waals surface area contributed by atoms with Crippen molar-refractivity contribution in [2.24, 2.45) is 7.05 Å². The highest BCUT2D eigenvalue weighted by molar-refractivity contribution is 6.31. The first-order valence-corrected chi connectivity index (χ1v) is 6.59. The van der Waals surface area contributed by atoms with Crippen LogP contribution in [0.5, 0.6) is 0 Å². The molecule has 0 aliphatic heterocycles. The van der Waals surface area contributed by atoms with Gasteiger partial charge in [-0.15, -0.1) is 0 Å². The lowest BCUT2D eigenvalue weighted by Gasteiger charge is -2.17. The molecule has 0 radical (unpaired) electrons. The van der Waals surface area contributed by atoms with Crippen LogP contribution in [0.15, 0.2) is 30.6 Å². The van der Waals surface area contributed by atoms with E-state index < -0.39 is 0 Å². The predicted molar refractivity (Wildman–Crippen MR) is 79.9 cm³/mol. The maximum absolute atomic E-state index is 12.1. The first-order chi connectivity index (χ1) is 9.45. The number of aromatic nitrogens is 2. The zero-order valence-corrected chi connectivity index (χ0v) is 12.5. The van der Waals surface area contributed by atoms with Gasteiger partial charge >= 0.3 is 6.03 Å². The van der Waals surface area contributed by atoms with E-state index in [-0.39, 0.29) is 6.03 Å². The number of halogens is 1. The topological polar surface area (TPSA) is 50.2 Å². The van der Waals surface area contributed by atoms with E-state index in [1.807, 2.05) is 32.3 Å². The lowest BCUT2D eigenvalue weighted by Crippen LogP contribution is -2.30. The van der Waals surface area contributed by atoms with E-state index in [1.165, 1.54) is 0 Å². The van der Waals surface area contributed by atoms with Crippen molar-refractivity contribution in [2.75, 3.05) is 12.4 Å². The van der Waals surface area contributed by atoms with Crippen molar-refractivity contribution in [3.8, 4) is 0 Å². The van der Waals surface area contributed by atoms with Crippen LogP contribution in [0.3, 0.4) is 0 Å². The third kappa shape index (κ3) is 3.51. The summed E-state index contributed by atoms with van der Waals surface area (Å²) in [6.45, 7) is 2.42. The molecule has 1 aromatic carbocycles. The molecule has 1 heterocycles. The van der Waals surface area contributed by atoms with E-state index in [0.717, 1.165) is 11.1 Å². The zero-order chi connectivity index (χ0) is 14.7. The van der Waals surface area contributed by atoms with Crippen molar-refractivity contribution >= 4 is 23.3 Å². The van der Waals surface area contributed by atoms with Crippen molar-refractivity contribution in [2.45, 2.75) is 13.5 Å². The normalized spacial score (nSPS) is 10.4. The van der Waals surface area contributed by atoms with Gasteiger partial charge in [-0.25, -0.2) is 4.79 Å². The number of nitrogens with zero attached hydrogens (tertiary/aromatic N) is 3. The standard InChI is InChI=1S/C14H17ClN4O/c1-10-4-5-12(6-13(10)15)17-14(20)18(2)8-11-7-16-19(3)9-11/h4-7,9H,8H2,1-3H3,(H,17,20). The molecule has 0 saturated carbocycles. The number of urea groups is 1. The van der Waals surface area contributed by atoms with Crippen LogP contribution < -0.4 is 5.32 Å². The van der Waals surface area contributed by atoms with E-state index in [0.29, 0.717) is 17.3 Å². The highest BCUT2D eigenvalue weighted by Gasteiger charge is 2.10. The van der Waals surface area contributed by atoms with Gasteiger partial charge in [-0.05, 0) is 24.6 Å². The fourth-order valence-electron chi connectivity index (χ4n) is 1.79. The Balaban J connectivity index is 1.98. The van der Waals surface area contributed by atoms with Crippen molar-refractivity contribution in [1.82, 2.24) is 14.7 Å². The molecular weight excluding hydrogens is 276 g/mol. The summed E-state index contributed by atoms with van der Waals surface area (Å²) in [4.78, 5) is 13.7. The number of amides is 2. The van der Waals surface area contributed by atoms with Crippen LogP contribution in [0.25, 0.3) is 0 Å². The Morgan fingerprint density at radius 3 is 2.85 bits per heavy atom. The van der Waals surface area contributed by atoms with Crippen molar-refractivity contribution in [1.29, 1.82) is 0 Å². The Kier molecular flexibility index (Phi) is 4.29. The molecule has 106 valence electrons. The molecule has 1 N–H and O–H groups in total. The fraction of sp³-hybridized carbons (Fsp3) is 0.286. The zero-order valence-electron chi connectivity index (χ0n) is 11.7. The number of benzene rings is 1. The number of rotatable bonds is 3. The third-order valence-corrected chi connectivity index (χ3v) is 3.36. The predicted octanol–water partition coefficient (Wildman–Crippen LogP) is 3.05. The highest BCUT2D eigenvalue weighted by Crippen LogP contribution is 2.20. The van der Waals surface area contributed by atoms with Crippen molar-refractivity contribution in [3.63, 3.8) is 0 Å². The van der Waals surface area contributed by atoms with Gasteiger partial charge in [-0.2, -0.15) is 5.10 Å². The van der Waals surface area contributed by atoms with Gasteiger partial charge in [0.1, 0.15) is 0 Å². The van der Waals surface area contributed by atoms with E-state index in [2.05, 4.69) is 10.4 Å². The lowest BCUT2D eigenvalue weighted by molar-refractivity contribution is 0.220. The van der Waals surface area contributed by atoms with Crippen LogP contribution in [-0.4, -0.2) is 27.8 Å². The Morgan fingerprint density at radius 2 is 2.25 bits per heavy atom. The molecule has 6 heteroatoms. The minimum Gasteiger partial charge on any atom is -0.323 e. The maximum atomic E-state index is 12.1. The van der Waals surface area contributed by atoms with Gasteiger partial charge in [-0.3, -0.25) is 4.68 Å². The summed E-state index contributed by atoms with van der Waals surface area (Å²) in [5.74, 6) is 0. The van der Waals surface area contributed by atoms with Crippen LogP contribution in [0, 0.1) is 6.92 Å². The van der Waals surface area contributed by atoms with E-state index >= 15 is 0 Å². The van der Waals surface area contributed by atoms with Gasteiger partial charge in [0.05, 0.1) is 12.7 Å². The molecule has 5 nitrogen and oxygen atoms in total. The lowest BCUT2D eigenvalue weighted by atomic mass is 10.2. The summed E-state index contributed by atoms with van der Waals surface area (Å²) in [6, 6.07) is 5.26. The average molecular weight is 293 g/mol. The Hall–Kier alpha value is -2.01. The third-order valence-electron chi connectivity index (χ3n) is 2.95. The van der Waals surface area contributed by atoms with Crippen molar-refractivity contribution in [3.05, 3.63) is 46.7 Å². The molecule has 1 aromatic heterocycles. The van der Waals surface area contributed by atoms with Gasteiger partial charge in [0.2, 0.25) is 0 Å². The molecule has 0 atom stereocenters. The molecule has 0 aliphatic carbocycles. The summed E-state index contributed by atoms with van der Waals surface area (Å²) in [7, 11) is 3.58. The molecular formula is C14H17ClN4O. The number of hydrogen-bond acceptors (Lipinski definition) is 2. The molecule has 0 spiro atoms. The second-order valence-electron chi connectivity index (χ2n) is 4.77. The molecule has 2 aromatic rings. The average Bonchev–Trinajstić information content (AvgIpc) is 2.79. The van der Waals surface area contributed by atoms with Gasteiger partial charge < -0.3 is 10.2 Å². The van der Waals surface area contributed by atoms with Crippen LogP contribution in [0.1, 0.15) is 11.1 Å². The van der Waals surface area contributed by atoms with Gasteiger partial charge in [-0.1, -0.05) is 17.7 Å². The quantitative estimate of drug-likeness (QED) is 0.945. The van der Waals surface area contributed by atoms with Crippen LogP contribution in [0.2, 0.25) is 5.02 Å². The number of nitrogens with one attached hydrogen (secondary N) is 1. The SMILES string of the molecule is Cc1ccc(NC(=O)N(C)Cc2cnn(C)c2)cc1Cl. The summed E-state index contributed by atoms with van der Waals surface area (Å²) in [6.07, 6.45) is 3.62. The molecule has 0 saturated heterocycles. The molecule has 0 aliphatic rings. The number of carbonyl (C=O) groups excluding carboxylic acids is 1. The molecule has 0 unspecified atom stereocenters. The smallest absolute Gasteiger partial charge is 0.321 e. The monoisotopic (exact) mass is 292 g/mol. The van der Waals surface area contributed by atoms with Crippen LogP contribution in [-0.2, 0) is 13.6 Å². The number of aryl methyl sites for hydroxylation is 2. The van der Waals surface area contributed by atoms with E-state index in [9.17, 15) is 4.79 Å². The van der Waals surface area contributed by atoms with E-state index in [4.69, 9.17) is 11.6 Å². The fourth-order valence-corrected chi connectivity index (χ4v) is 1.97. The summed E-state index contributed by atoms with van der Waals surface area (Å²) in [5, 5.41) is 7.52. The number of anilines is 1. The molecule has 0 bridgehead atoms. The first-order valence-electron chi connectivity index (χ1n) is 6.21. The number of carbonyl (C=O) groups is 1. The highest BCUT2D eigenvalue weighted by atomic mass is 35.5. The minimum absolute atomic E-state index is 0.186. The molecule has 2 rings (SSSR count). The molecule has 0 fully saturated rings.